The topological polar surface area (TPSA) is 42.9 Å². The number of rotatable bonds is 3. The highest BCUT2D eigenvalue weighted by molar-refractivity contribution is 7.99. The Labute approximate surface area is 95.7 Å². The molecule has 1 aromatic heterocycles. The van der Waals surface area contributed by atoms with Crippen LogP contribution in [-0.2, 0) is 0 Å². The van der Waals surface area contributed by atoms with Gasteiger partial charge in [-0.05, 0) is 30.0 Å². The molecule has 3 nitrogen and oxygen atoms in total. The highest BCUT2D eigenvalue weighted by Crippen LogP contribution is 2.24. The van der Waals surface area contributed by atoms with Gasteiger partial charge >= 0.3 is 0 Å². The van der Waals surface area contributed by atoms with Crippen LogP contribution in [0.4, 0.5) is 4.39 Å². The largest absolute Gasteiger partial charge is 0.298 e. The van der Waals surface area contributed by atoms with E-state index in [-0.39, 0.29) is 5.82 Å². The van der Waals surface area contributed by atoms with Gasteiger partial charge in [0.05, 0.1) is 5.56 Å². The molecule has 0 amide bonds. The highest BCUT2D eigenvalue weighted by Gasteiger charge is 2.01. The summed E-state index contributed by atoms with van der Waals surface area (Å²) in [4.78, 5) is 19.1. The molecule has 2 rings (SSSR count). The SMILES string of the molecule is O=Cc1cnc(Sc2cccc(F)c2)nc1. The second-order valence-corrected chi connectivity index (χ2v) is 4.02. The fourth-order valence-corrected chi connectivity index (χ4v) is 1.82. The summed E-state index contributed by atoms with van der Waals surface area (Å²) in [5, 5.41) is 0.483. The molecule has 16 heavy (non-hydrogen) atoms. The first kappa shape index (κ1) is 10.8. The molecule has 0 bridgehead atoms. The maximum Gasteiger partial charge on any atom is 0.192 e. The summed E-state index contributed by atoms with van der Waals surface area (Å²) < 4.78 is 12.9. The summed E-state index contributed by atoms with van der Waals surface area (Å²) >= 11 is 1.24. The summed E-state index contributed by atoms with van der Waals surface area (Å²) in [6.45, 7) is 0. The van der Waals surface area contributed by atoms with Crippen molar-refractivity contribution in [1.29, 1.82) is 0 Å². The number of halogens is 1. The molecule has 0 N–H and O–H groups in total. The maximum absolute atomic E-state index is 12.9. The van der Waals surface area contributed by atoms with Gasteiger partial charge in [-0.2, -0.15) is 0 Å². The second-order valence-electron chi connectivity index (χ2n) is 2.98. The van der Waals surface area contributed by atoms with Gasteiger partial charge in [-0.25, -0.2) is 14.4 Å². The Kier molecular flexibility index (Phi) is 3.26. The second kappa shape index (κ2) is 4.85. The Morgan fingerprint density at radius 1 is 1.25 bits per heavy atom. The van der Waals surface area contributed by atoms with Crippen molar-refractivity contribution in [2.75, 3.05) is 0 Å². The number of benzene rings is 1. The number of hydrogen-bond acceptors (Lipinski definition) is 4. The predicted molar refractivity (Wildman–Crippen MR) is 57.9 cm³/mol. The molecule has 0 spiro atoms. The molecule has 5 heteroatoms. The molecule has 0 saturated heterocycles. The van der Waals surface area contributed by atoms with E-state index in [1.165, 1.54) is 36.3 Å². The Morgan fingerprint density at radius 3 is 2.62 bits per heavy atom. The van der Waals surface area contributed by atoms with Gasteiger partial charge in [-0.15, -0.1) is 0 Å². The Hall–Kier alpha value is -1.75. The average molecular weight is 234 g/mol. The van der Waals surface area contributed by atoms with Crippen molar-refractivity contribution in [3.63, 3.8) is 0 Å². The molecule has 0 aliphatic heterocycles. The van der Waals surface area contributed by atoms with Crippen LogP contribution in [0.15, 0.2) is 46.7 Å². The van der Waals surface area contributed by atoms with E-state index in [0.29, 0.717) is 17.0 Å². The summed E-state index contributed by atoms with van der Waals surface area (Å²) in [7, 11) is 0. The van der Waals surface area contributed by atoms with E-state index in [4.69, 9.17) is 0 Å². The first-order valence-electron chi connectivity index (χ1n) is 4.48. The fourth-order valence-electron chi connectivity index (χ4n) is 1.08. The van der Waals surface area contributed by atoms with E-state index in [2.05, 4.69) is 9.97 Å². The lowest BCUT2D eigenvalue weighted by atomic mass is 10.4. The molecular weight excluding hydrogens is 227 g/mol. The zero-order valence-corrected chi connectivity index (χ0v) is 8.95. The summed E-state index contributed by atoms with van der Waals surface area (Å²) in [6.07, 6.45) is 3.54. The quantitative estimate of drug-likeness (QED) is 0.604. The number of aldehydes is 1. The molecule has 0 unspecified atom stereocenters. The minimum absolute atomic E-state index is 0.297. The lowest BCUT2D eigenvalue weighted by molar-refractivity contribution is 0.112. The van der Waals surface area contributed by atoms with E-state index in [1.807, 2.05) is 0 Å². The minimum Gasteiger partial charge on any atom is -0.298 e. The van der Waals surface area contributed by atoms with Crippen LogP contribution in [0.5, 0.6) is 0 Å². The van der Waals surface area contributed by atoms with Gasteiger partial charge in [0.2, 0.25) is 0 Å². The molecular formula is C11H7FN2OS. The van der Waals surface area contributed by atoms with Crippen LogP contribution in [0.25, 0.3) is 0 Å². The molecule has 80 valence electrons. The van der Waals surface area contributed by atoms with Crippen LogP contribution < -0.4 is 0 Å². The van der Waals surface area contributed by atoms with Crippen molar-refractivity contribution in [2.24, 2.45) is 0 Å². The summed E-state index contributed by atoms with van der Waals surface area (Å²) in [5.74, 6) is -0.297. The molecule has 2 aromatic rings. The van der Waals surface area contributed by atoms with Crippen molar-refractivity contribution in [3.8, 4) is 0 Å². The third kappa shape index (κ3) is 2.64. The lowest BCUT2D eigenvalue weighted by Gasteiger charge is -1.99. The van der Waals surface area contributed by atoms with Crippen LogP contribution in [0.3, 0.4) is 0 Å². The Balaban J connectivity index is 2.17. The van der Waals surface area contributed by atoms with Gasteiger partial charge in [-0.1, -0.05) is 6.07 Å². The third-order valence-electron chi connectivity index (χ3n) is 1.79. The number of aromatic nitrogens is 2. The Bertz CT molecular complexity index is 502. The van der Waals surface area contributed by atoms with E-state index in [1.54, 1.807) is 12.1 Å². The van der Waals surface area contributed by atoms with Crippen LogP contribution in [0.1, 0.15) is 10.4 Å². The van der Waals surface area contributed by atoms with E-state index >= 15 is 0 Å². The fraction of sp³-hybridized carbons (Fsp3) is 0. The standard InChI is InChI=1S/C11H7FN2OS/c12-9-2-1-3-10(4-9)16-11-13-5-8(7-15)6-14-11/h1-7H. The van der Waals surface area contributed by atoms with E-state index in [9.17, 15) is 9.18 Å². The van der Waals surface area contributed by atoms with Gasteiger partial charge in [0.1, 0.15) is 5.82 Å². The predicted octanol–water partition coefficient (Wildman–Crippen LogP) is 2.58. The first-order valence-corrected chi connectivity index (χ1v) is 5.30. The highest BCUT2D eigenvalue weighted by atomic mass is 32.2. The first-order chi connectivity index (χ1) is 7.78. The lowest BCUT2D eigenvalue weighted by Crippen LogP contribution is -1.89. The zero-order chi connectivity index (χ0) is 11.4. The van der Waals surface area contributed by atoms with Gasteiger partial charge < -0.3 is 0 Å². The van der Waals surface area contributed by atoms with Gasteiger partial charge in [0, 0.05) is 17.3 Å². The van der Waals surface area contributed by atoms with Crippen LogP contribution in [0.2, 0.25) is 0 Å². The van der Waals surface area contributed by atoms with Gasteiger partial charge in [0.15, 0.2) is 11.4 Å². The minimum atomic E-state index is -0.297. The normalized spacial score (nSPS) is 10.1. The number of carbonyl (C=O) groups is 1. The smallest absolute Gasteiger partial charge is 0.192 e. The van der Waals surface area contributed by atoms with Gasteiger partial charge in [-0.3, -0.25) is 4.79 Å². The van der Waals surface area contributed by atoms with Crippen molar-refractivity contribution in [2.45, 2.75) is 10.1 Å². The molecule has 0 aliphatic rings. The van der Waals surface area contributed by atoms with Crippen LogP contribution in [-0.4, -0.2) is 16.3 Å². The van der Waals surface area contributed by atoms with Crippen molar-refractivity contribution in [1.82, 2.24) is 9.97 Å². The van der Waals surface area contributed by atoms with Crippen molar-refractivity contribution in [3.05, 3.63) is 48.0 Å². The summed E-state index contributed by atoms with van der Waals surface area (Å²) in [6, 6.07) is 6.17. The number of carbonyl (C=O) groups excluding carboxylic acids is 1. The molecule has 0 saturated carbocycles. The molecule has 0 fully saturated rings. The zero-order valence-electron chi connectivity index (χ0n) is 8.13. The Morgan fingerprint density at radius 2 is 2.00 bits per heavy atom. The average Bonchev–Trinajstić information content (AvgIpc) is 2.30. The van der Waals surface area contributed by atoms with E-state index < -0.39 is 0 Å². The van der Waals surface area contributed by atoms with Crippen LogP contribution in [0, 0.1) is 5.82 Å². The maximum atomic E-state index is 12.9. The van der Waals surface area contributed by atoms with Crippen molar-refractivity contribution < 1.29 is 9.18 Å². The van der Waals surface area contributed by atoms with Gasteiger partial charge in [0.25, 0.3) is 0 Å². The third-order valence-corrected chi connectivity index (χ3v) is 2.67. The van der Waals surface area contributed by atoms with Crippen molar-refractivity contribution >= 4 is 18.0 Å². The number of hydrogen-bond donors (Lipinski definition) is 0. The molecule has 1 heterocycles. The monoisotopic (exact) mass is 234 g/mol. The molecule has 1 aromatic carbocycles. The molecule has 0 radical (unpaired) electrons. The number of nitrogens with zero attached hydrogens (tertiary/aromatic N) is 2. The molecule has 0 atom stereocenters. The molecule has 0 aliphatic carbocycles. The van der Waals surface area contributed by atoms with Crippen LogP contribution >= 0.6 is 11.8 Å². The van der Waals surface area contributed by atoms with E-state index in [0.717, 1.165) is 4.90 Å². The summed E-state index contributed by atoms with van der Waals surface area (Å²) in [5.41, 5.74) is 0.420.